The molecule has 0 spiro atoms. The Morgan fingerprint density at radius 1 is 1.30 bits per heavy atom. The normalized spacial score (nSPS) is 19.5. The zero-order valence-corrected chi connectivity index (χ0v) is 14.7. The van der Waals surface area contributed by atoms with Gasteiger partial charge in [-0.15, -0.1) is 0 Å². The number of piperidine rings is 1. The third kappa shape index (κ3) is 5.32. The molecule has 2 rings (SSSR count). The van der Waals surface area contributed by atoms with Crippen LogP contribution in [-0.4, -0.2) is 38.0 Å². The zero-order chi connectivity index (χ0) is 16.9. The fourth-order valence-corrected chi connectivity index (χ4v) is 3.75. The summed E-state index contributed by atoms with van der Waals surface area (Å²) in [6.45, 7) is 2.95. The van der Waals surface area contributed by atoms with Crippen LogP contribution in [0.3, 0.4) is 0 Å². The van der Waals surface area contributed by atoms with E-state index in [0.717, 1.165) is 37.8 Å². The molecular weight excluding hydrogens is 312 g/mol. The summed E-state index contributed by atoms with van der Waals surface area (Å²) in [4.78, 5) is 12.4. The minimum Gasteiger partial charge on any atom is -0.326 e. The topological polar surface area (TPSA) is 66.5 Å². The van der Waals surface area contributed by atoms with Crippen LogP contribution in [0.1, 0.15) is 38.2 Å². The third-order valence-electron chi connectivity index (χ3n) is 4.26. The predicted molar refractivity (Wildman–Crippen MR) is 92.8 cm³/mol. The molecule has 1 aromatic carbocycles. The smallest absolute Gasteiger partial charge is 0.228 e. The number of amides is 1. The molecule has 1 aliphatic heterocycles. The van der Waals surface area contributed by atoms with Gasteiger partial charge in [0.2, 0.25) is 15.9 Å². The van der Waals surface area contributed by atoms with Gasteiger partial charge in [-0.2, -0.15) is 0 Å². The number of carbonyl (C=O) groups excluding carboxylic acids is 1. The molecule has 23 heavy (non-hydrogen) atoms. The molecule has 128 valence electrons. The Morgan fingerprint density at radius 3 is 2.61 bits per heavy atom. The van der Waals surface area contributed by atoms with E-state index >= 15 is 0 Å². The number of nitrogens with zero attached hydrogens (tertiary/aromatic N) is 1. The molecule has 1 amide bonds. The average Bonchev–Trinajstić information content (AvgIpc) is 2.53. The summed E-state index contributed by atoms with van der Waals surface area (Å²) in [6, 6.07) is 7.91. The summed E-state index contributed by atoms with van der Waals surface area (Å²) in [6.07, 6.45) is 6.03. The maximum Gasteiger partial charge on any atom is 0.228 e. The van der Waals surface area contributed by atoms with E-state index in [4.69, 9.17) is 0 Å². The summed E-state index contributed by atoms with van der Waals surface area (Å²) in [5, 5.41) is 2.91. The van der Waals surface area contributed by atoms with Crippen LogP contribution in [0.5, 0.6) is 0 Å². The molecule has 1 N–H and O–H groups in total. The van der Waals surface area contributed by atoms with Crippen LogP contribution in [0.15, 0.2) is 24.3 Å². The second kappa shape index (κ2) is 7.93. The van der Waals surface area contributed by atoms with Gasteiger partial charge in [0, 0.05) is 18.8 Å². The molecule has 0 bridgehead atoms. The highest BCUT2D eigenvalue weighted by atomic mass is 32.2. The van der Waals surface area contributed by atoms with Gasteiger partial charge in [-0.3, -0.25) is 4.79 Å². The standard InChI is InChI=1S/C17H26N2O3S/c1-3-4-6-14-8-10-16(11-9-14)18-17(20)15-7-5-12-19(13-15)23(2,21)22/h8-11,15H,3-7,12-13H2,1-2H3,(H,18,20)/t15-/m1/s1. The van der Waals surface area contributed by atoms with Gasteiger partial charge in [0.1, 0.15) is 0 Å². The van der Waals surface area contributed by atoms with Gasteiger partial charge in [-0.05, 0) is 43.4 Å². The maximum atomic E-state index is 12.4. The highest BCUT2D eigenvalue weighted by Crippen LogP contribution is 2.21. The molecule has 1 fully saturated rings. The molecule has 0 radical (unpaired) electrons. The molecule has 5 nitrogen and oxygen atoms in total. The van der Waals surface area contributed by atoms with E-state index in [1.165, 1.54) is 16.1 Å². The van der Waals surface area contributed by atoms with Gasteiger partial charge in [-0.1, -0.05) is 25.5 Å². The van der Waals surface area contributed by atoms with Crippen molar-refractivity contribution in [2.75, 3.05) is 24.7 Å². The van der Waals surface area contributed by atoms with Crippen molar-refractivity contribution in [2.45, 2.75) is 39.0 Å². The molecule has 0 aliphatic carbocycles. The van der Waals surface area contributed by atoms with E-state index in [-0.39, 0.29) is 18.4 Å². The first kappa shape index (κ1) is 17.9. The fourth-order valence-electron chi connectivity index (χ4n) is 2.84. The van der Waals surface area contributed by atoms with Gasteiger partial charge < -0.3 is 5.32 Å². The number of anilines is 1. The molecule has 1 atom stereocenters. The predicted octanol–water partition coefficient (Wildman–Crippen LogP) is 2.64. The number of rotatable bonds is 6. The van der Waals surface area contributed by atoms with Crippen molar-refractivity contribution in [1.29, 1.82) is 0 Å². The molecule has 1 aliphatic rings. The van der Waals surface area contributed by atoms with E-state index in [2.05, 4.69) is 12.2 Å². The second-order valence-corrected chi connectivity index (χ2v) is 8.23. The lowest BCUT2D eigenvalue weighted by molar-refractivity contribution is -0.120. The molecule has 6 heteroatoms. The van der Waals surface area contributed by atoms with Gasteiger partial charge in [0.25, 0.3) is 0 Å². The third-order valence-corrected chi connectivity index (χ3v) is 5.53. The van der Waals surface area contributed by atoms with Gasteiger partial charge in [0.05, 0.1) is 12.2 Å². The molecule has 0 saturated carbocycles. The van der Waals surface area contributed by atoms with Crippen molar-refractivity contribution in [3.8, 4) is 0 Å². The fraction of sp³-hybridized carbons (Fsp3) is 0.588. The van der Waals surface area contributed by atoms with Crippen LogP contribution in [0.4, 0.5) is 5.69 Å². The number of benzene rings is 1. The zero-order valence-electron chi connectivity index (χ0n) is 13.9. The summed E-state index contributed by atoms with van der Waals surface area (Å²) >= 11 is 0. The first-order valence-electron chi connectivity index (χ1n) is 8.25. The molecule has 1 heterocycles. The lowest BCUT2D eigenvalue weighted by Crippen LogP contribution is -2.43. The van der Waals surface area contributed by atoms with Crippen LogP contribution in [0.25, 0.3) is 0 Å². The van der Waals surface area contributed by atoms with E-state index in [9.17, 15) is 13.2 Å². The Hall–Kier alpha value is -1.40. The molecule has 1 saturated heterocycles. The minimum absolute atomic E-state index is 0.0975. The van der Waals surface area contributed by atoms with E-state index in [0.29, 0.717) is 6.54 Å². The number of carbonyl (C=O) groups is 1. The van der Waals surface area contributed by atoms with Crippen LogP contribution >= 0.6 is 0 Å². The minimum atomic E-state index is -3.23. The van der Waals surface area contributed by atoms with Gasteiger partial charge in [-0.25, -0.2) is 12.7 Å². The van der Waals surface area contributed by atoms with Crippen molar-refractivity contribution in [2.24, 2.45) is 5.92 Å². The molecular formula is C17H26N2O3S. The summed E-state index contributed by atoms with van der Waals surface area (Å²) in [5.74, 6) is -0.377. The first-order valence-corrected chi connectivity index (χ1v) is 10.1. The van der Waals surface area contributed by atoms with Crippen molar-refractivity contribution >= 4 is 21.6 Å². The number of hydrogen-bond acceptors (Lipinski definition) is 3. The SMILES string of the molecule is CCCCc1ccc(NC(=O)[C@@H]2CCCN(S(C)(=O)=O)C2)cc1. The van der Waals surface area contributed by atoms with Gasteiger partial charge >= 0.3 is 0 Å². The quantitative estimate of drug-likeness (QED) is 0.867. The summed E-state index contributed by atoms with van der Waals surface area (Å²) in [5.41, 5.74) is 2.04. The van der Waals surface area contributed by atoms with Crippen LogP contribution < -0.4 is 5.32 Å². The second-order valence-electron chi connectivity index (χ2n) is 6.25. The van der Waals surface area contributed by atoms with Crippen molar-refractivity contribution in [3.63, 3.8) is 0 Å². The number of sulfonamides is 1. The summed E-state index contributed by atoms with van der Waals surface area (Å²) in [7, 11) is -3.23. The largest absolute Gasteiger partial charge is 0.326 e. The average molecular weight is 338 g/mol. The Balaban J connectivity index is 1.93. The monoisotopic (exact) mass is 338 g/mol. The Labute approximate surface area is 139 Å². The number of nitrogens with one attached hydrogen (secondary N) is 1. The van der Waals surface area contributed by atoms with Crippen LogP contribution in [0, 0.1) is 5.92 Å². The van der Waals surface area contributed by atoms with E-state index in [1.807, 2.05) is 24.3 Å². The van der Waals surface area contributed by atoms with Crippen molar-refractivity contribution in [1.82, 2.24) is 4.31 Å². The Bertz CT molecular complexity index is 626. The number of unbranched alkanes of at least 4 members (excludes halogenated alkanes) is 1. The molecule has 0 unspecified atom stereocenters. The first-order chi connectivity index (χ1) is 10.9. The van der Waals surface area contributed by atoms with Gasteiger partial charge in [0.15, 0.2) is 0 Å². The van der Waals surface area contributed by atoms with Crippen molar-refractivity contribution < 1.29 is 13.2 Å². The van der Waals surface area contributed by atoms with Crippen LogP contribution in [0.2, 0.25) is 0 Å². The number of aryl methyl sites for hydroxylation is 1. The van der Waals surface area contributed by atoms with E-state index in [1.54, 1.807) is 0 Å². The van der Waals surface area contributed by atoms with Crippen molar-refractivity contribution in [3.05, 3.63) is 29.8 Å². The highest BCUT2D eigenvalue weighted by molar-refractivity contribution is 7.88. The lowest BCUT2D eigenvalue weighted by Gasteiger charge is -2.30. The van der Waals surface area contributed by atoms with E-state index < -0.39 is 10.0 Å². The maximum absolute atomic E-state index is 12.4. The van der Waals surface area contributed by atoms with Crippen LogP contribution in [-0.2, 0) is 21.2 Å². The lowest BCUT2D eigenvalue weighted by atomic mass is 9.98. The molecule has 0 aromatic heterocycles. The Morgan fingerprint density at radius 2 is 2.00 bits per heavy atom. The highest BCUT2D eigenvalue weighted by Gasteiger charge is 2.30. The summed E-state index contributed by atoms with van der Waals surface area (Å²) < 4.78 is 24.7. The Kier molecular flexibility index (Phi) is 6.18. The molecule has 1 aromatic rings. The number of hydrogen-bond donors (Lipinski definition) is 1.